The number of carbonyl (C=O) groups is 1. The van der Waals surface area contributed by atoms with Crippen LogP contribution in [0, 0.1) is 0 Å². The second kappa shape index (κ2) is 9.31. The first kappa shape index (κ1) is 19.8. The van der Waals surface area contributed by atoms with Gasteiger partial charge in [-0.05, 0) is 49.6 Å². The minimum Gasteiger partial charge on any atom is -0.493 e. The van der Waals surface area contributed by atoms with Gasteiger partial charge in [0.1, 0.15) is 5.75 Å². The van der Waals surface area contributed by atoms with Gasteiger partial charge in [-0.25, -0.2) is 0 Å². The van der Waals surface area contributed by atoms with Crippen LogP contribution in [0.2, 0.25) is 0 Å². The number of methoxy groups -OCH3 is 2. The number of benzene rings is 2. The van der Waals surface area contributed by atoms with Gasteiger partial charge in [0.15, 0.2) is 11.5 Å². The van der Waals surface area contributed by atoms with E-state index < -0.39 is 0 Å². The Hall–Kier alpha value is -2.95. The van der Waals surface area contributed by atoms with Gasteiger partial charge in [0.25, 0.3) is 0 Å². The van der Waals surface area contributed by atoms with E-state index in [2.05, 4.69) is 0 Å². The molecule has 1 fully saturated rings. The van der Waals surface area contributed by atoms with Crippen molar-refractivity contribution >= 4 is 12.0 Å². The minimum atomic E-state index is 0.00332. The molecule has 148 valence electrons. The zero-order valence-electron chi connectivity index (χ0n) is 16.7. The number of nitrogens with zero attached hydrogens (tertiary/aromatic N) is 1. The van der Waals surface area contributed by atoms with Gasteiger partial charge in [0.05, 0.1) is 26.9 Å². The lowest BCUT2D eigenvalue weighted by Gasteiger charge is -2.24. The van der Waals surface area contributed by atoms with E-state index in [1.165, 1.54) is 0 Å². The molecule has 1 aliphatic heterocycles. The highest BCUT2D eigenvalue weighted by Gasteiger charge is 2.29. The first-order chi connectivity index (χ1) is 13.7. The molecule has 1 unspecified atom stereocenters. The van der Waals surface area contributed by atoms with Crippen LogP contribution in [0.3, 0.4) is 0 Å². The number of likely N-dealkylation sites (tertiary alicyclic amines) is 1. The molecule has 2 aromatic carbocycles. The standard InChI is InChI=1S/C23H27NO4/c1-4-28-20-10-6-5-8-17(20)12-14-23(25)24-15-7-9-19(24)18-11-13-21(26-2)22(16-18)27-3/h5-6,8,10-14,16,19H,4,7,9,15H2,1-3H3/b14-12+. The summed E-state index contributed by atoms with van der Waals surface area (Å²) in [4.78, 5) is 14.8. The predicted octanol–water partition coefficient (Wildman–Crippen LogP) is 4.48. The average molecular weight is 381 g/mol. The Morgan fingerprint density at radius 3 is 2.64 bits per heavy atom. The van der Waals surface area contributed by atoms with Crippen LogP contribution >= 0.6 is 0 Å². The van der Waals surface area contributed by atoms with E-state index in [4.69, 9.17) is 14.2 Å². The van der Waals surface area contributed by atoms with Gasteiger partial charge < -0.3 is 19.1 Å². The molecule has 1 saturated heterocycles. The molecule has 0 N–H and O–H groups in total. The highest BCUT2D eigenvalue weighted by atomic mass is 16.5. The molecule has 0 saturated carbocycles. The molecule has 1 atom stereocenters. The maximum Gasteiger partial charge on any atom is 0.247 e. The maximum atomic E-state index is 12.9. The monoisotopic (exact) mass is 381 g/mol. The Morgan fingerprint density at radius 1 is 1.11 bits per heavy atom. The van der Waals surface area contributed by atoms with Crippen molar-refractivity contribution in [3.05, 3.63) is 59.7 Å². The summed E-state index contributed by atoms with van der Waals surface area (Å²) in [5.74, 6) is 2.16. The Morgan fingerprint density at radius 2 is 1.89 bits per heavy atom. The Bertz CT molecular complexity index is 846. The third-order valence-corrected chi connectivity index (χ3v) is 4.95. The molecule has 2 aromatic rings. The smallest absolute Gasteiger partial charge is 0.247 e. The summed E-state index contributed by atoms with van der Waals surface area (Å²) in [7, 11) is 3.24. The van der Waals surface area contributed by atoms with Crippen molar-refractivity contribution in [3.63, 3.8) is 0 Å². The highest BCUT2D eigenvalue weighted by Crippen LogP contribution is 2.37. The van der Waals surface area contributed by atoms with Crippen molar-refractivity contribution in [1.29, 1.82) is 0 Å². The summed E-state index contributed by atoms with van der Waals surface area (Å²) < 4.78 is 16.4. The normalized spacial score (nSPS) is 16.4. The molecule has 1 amide bonds. The van der Waals surface area contributed by atoms with Crippen molar-refractivity contribution in [2.45, 2.75) is 25.8 Å². The number of para-hydroxylation sites is 1. The maximum absolute atomic E-state index is 12.9. The predicted molar refractivity (Wildman–Crippen MR) is 110 cm³/mol. The average Bonchev–Trinajstić information content (AvgIpc) is 3.22. The van der Waals surface area contributed by atoms with Crippen LogP contribution in [0.15, 0.2) is 48.5 Å². The fourth-order valence-electron chi connectivity index (χ4n) is 3.60. The van der Waals surface area contributed by atoms with Crippen molar-refractivity contribution in [2.24, 2.45) is 0 Å². The number of carbonyl (C=O) groups excluding carboxylic acids is 1. The topological polar surface area (TPSA) is 48.0 Å². The Balaban J connectivity index is 1.78. The third-order valence-electron chi connectivity index (χ3n) is 4.95. The lowest BCUT2D eigenvalue weighted by Crippen LogP contribution is -2.28. The molecule has 1 aliphatic rings. The van der Waals surface area contributed by atoms with Gasteiger partial charge >= 0.3 is 0 Å². The summed E-state index contributed by atoms with van der Waals surface area (Å²) in [6.07, 6.45) is 5.38. The molecular formula is C23H27NO4. The van der Waals surface area contributed by atoms with Crippen LogP contribution in [0.25, 0.3) is 6.08 Å². The van der Waals surface area contributed by atoms with E-state index in [1.807, 2.05) is 60.4 Å². The summed E-state index contributed by atoms with van der Waals surface area (Å²) in [5.41, 5.74) is 1.96. The molecular weight excluding hydrogens is 354 g/mol. The molecule has 3 rings (SSSR count). The SMILES string of the molecule is CCOc1ccccc1/C=C/C(=O)N1CCCC1c1ccc(OC)c(OC)c1. The van der Waals surface area contributed by atoms with E-state index in [0.717, 1.165) is 36.3 Å². The van der Waals surface area contributed by atoms with Gasteiger partial charge in [-0.2, -0.15) is 0 Å². The van der Waals surface area contributed by atoms with E-state index in [0.29, 0.717) is 18.1 Å². The Kier molecular flexibility index (Phi) is 6.58. The first-order valence-corrected chi connectivity index (χ1v) is 9.60. The van der Waals surface area contributed by atoms with Crippen LogP contribution in [0.1, 0.15) is 36.9 Å². The van der Waals surface area contributed by atoms with Gasteiger partial charge in [0, 0.05) is 18.2 Å². The number of hydrogen-bond donors (Lipinski definition) is 0. The van der Waals surface area contributed by atoms with Crippen LogP contribution in [-0.2, 0) is 4.79 Å². The molecule has 0 radical (unpaired) electrons. The quantitative estimate of drug-likeness (QED) is 0.664. The van der Waals surface area contributed by atoms with Crippen LogP contribution < -0.4 is 14.2 Å². The summed E-state index contributed by atoms with van der Waals surface area (Å²) >= 11 is 0. The number of amides is 1. The second-order valence-corrected chi connectivity index (χ2v) is 6.61. The molecule has 0 bridgehead atoms. The van der Waals surface area contributed by atoms with Crippen molar-refractivity contribution < 1.29 is 19.0 Å². The fraction of sp³-hybridized carbons (Fsp3) is 0.348. The van der Waals surface area contributed by atoms with Gasteiger partial charge in [-0.3, -0.25) is 4.79 Å². The molecule has 1 heterocycles. The number of ether oxygens (including phenoxy) is 3. The molecule has 28 heavy (non-hydrogen) atoms. The first-order valence-electron chi connectivity index (χ1n) is 9.60. The van der Waals surface area contributed by atoms with Crippen LogP contribution in [-0.4, -0.2) is 38.2 Å². The van der Waals surface area contributed by atoms with Gasteiger partial charge in [0.2, 0.25) is 5.91 Å². The summed E-state index contributed by atoms with van der Waals surface area (Å²) in [6, 6.07) is 13.6. The summed E-state index contributed by atoms with van der Waals surface area (Å²) in [5, 5.41) is 0. The number of rotatable bonds is 7. The van der Waals surface area contributed by atoms with E-state index in [-0.39, 0.29) is 11.9 Å². The largest absolute Gasteiger partial charge is 0.493 e. The molecule has 0 aliphatic carbocycles. The molecule has 0 aromatic heterocycles. The Labute approximate surface area is 166 Å². The van der Waals surface area contributed by atoms with Crippen molar-refractivity contribution in [1.82, 2.24) is 4.90 Å². The third kappa shape index (κ3) is 4.30. The molecule has 5 heteroatoms. The zero-order valence-corrected chi connectivity index (χ0v) is 16.7. The van der Waals surface area contributed by atoms with Crippen LogP contribution in [0.4, 0.5) is 0 Å². The summed E-state index contributed by atoms with van der Waals surface area (Å²) in [6.45, 7) is 3.28. The van der Waals surface area contributed by atoms with E-state index in [9.17, 15) is 4.79 Å². The van der Waals surface area contributed by atoms with Crippen LogP contribution in [0.5, 0.6) is 17.2 Å². The lowest BCUT2D eigenvalue weighted by atomic mass is 10.0. The minimum absolute atomic E-state index is 0.00332. The van der Waals surface area contributed by atoms with Gasteiger partial charge in [-0.15, -0.1) is 0 Å². The van der Waals surface area contributed by atoms with Crippen molar-refractivity contribution in [3.8, 4) is 17.2 Å². The lowest BCUT2D eigenvalue weighted by molar-refractivity contribution is -0.126. The highest BCUT2D eigenvalue weighted by molar-refractivity contribution is 5.92. The zero-order chi connectivity index (χ0) is 19.9. The fourth-order valence-corrected chi connectivity index (χ4v) is 3.60. The van der Waals surface area contributed by atoms with Gasteiger partial charge in [-0.1, -0.05) is 24.3 Å². The van der Waals surface area contributed by atoms with E-state index in [1.54, 1.807) is 20.3 Å². The van der Waals surface area contributed by atoms with E-state index >= 15 is 0 Å². The molecule has 5 nitrogen and oxygen atoms in total. The molecule has 0 spiro atoms. The number of hydrogen-bond acceptors (Lipinski definition) is 4. The van der Waals surface area contributed by atoms with Crippen molar-refractivity contribution in [2.75, 3.05) is 27.4 Å². The second-order valence-electron chi connectivity index (χ2n) is 6.61.